The topological polar surface area (TPSA) is 70.0 Å². The van der Waals surface area contributed by atoms with Crippen LogP contribution in [0.15, 0.2) is 0 Å². The quantitative estimate of drug-likeness (QED) is 0.593. The molecule has 0 aliphatic rings. The van der Waals surface area contributed by atoms with Crippen molar-refractivity contribution >= 4 is 10.0 Å². The number of sulfonamides is 1. The van der Waals surface area contributed by atoms with Gasteiger partial charge in [0.2, 0.25) is 10.0 Å². The van der Waals surface area contributed by atoms with Gasteiger partial charge in [-0.1, -0.05) is 52.9 Å². The van der Waals surface area contributed by atoms with Gasteiger partial charge in [0, 0.05) is 6.54 Å². The molecule has 0 fully saturated rings. The Morgan fingerprint density at radius 2 is 1.58 bits per heavy atom. The van der Waals surface area contributed by atoms with Crippen molar-refractivity contribution in [1.29, 1.82) is 5.26 Å². The van der Waals surface area contributed by atoms with Crippen LogP contribution in [-0.2, 0) is 10.0 Å². The zero-order valence-corrected chi connectivity index (χ0v) is 13.4. The fourth-order valence-corrected chi connectivity index (χ4v) is 3.76. The monoisotopic (exact) mass is 288 g/mol. The first-order chi connectivity index (χ1) is 8.99. The fraction of sp³-hybridized carbons (Fsp3) is 0.929. The summed E-state index contributed by atoms with van der Waals surface area (Å²) in [4.78, 5) is 0. The maximum atomic E-state index is 12.4. The summed E-state index contributed by atoms with van der Waals surface area (Å²) in [5, 5.41) is 9.47. The highest BCUT2D eigenvalue weighted by Gasteiger charge is 2.42. The van der Waals surface area contributed by atoms with Crippen LogP contribution in [0.25, 0.3) is 0 Å². The zero-order chi connectivity index (χ0) is 14.8. The molecule has 0 aromatic carbocycles. The lowest BCUT2D eigenvalue weighted by atomic mass is 9.96. The van der Waals surface area contributed by atoms with Crippen LogP contribution in [0.3, 0.4) is 0 Å². The summed E-state index contributed by atoms with van der Waals surface area (Å²) in [5.74, 6) is 0. The van der Waals surface area contributed by atoms with Crippen molar-refractivity contribution in [3.63, 3.8) is 0 Å². The lowest BCUT2D eigenvalue weighted by Crippen LogP contribution is -2.45. The van der Waals surface area contributed by atoms with E-state index in [2.05, 4.69) is 17.7 Å². The number of unbranched alkanes of at least 4 members (excludes halogenated alkanes) is 3. The molecule has 0 rings (SSSR count). The third-order valence-electron chi connectivity index (χ3n) is 3.38. The second kappa shape index (κ2) is 9.33. The van der Waals surface area contributed by atoms with E-state index in [1.807, 2.05) is 13.8 Å². The van der Waals surface area contributed by atoms with Gasteiger partial charge in [-0.15, -0.1) is 0 Å². The van der Waals surface area contributed by atoms with Crippen LogP contribution in [-0.4, -0.2) is 19.7 Å². The molecule has 4 nitrogen and oxygen atoms in total. The van der Waals surface area contributed by atoms with E-state index in [0.717, 1.165) is 38.5 Å². The standard InChI is InChI=1S/C14H28N2O2S/c1-4-7-9-11-14(13-15,10-8-5-2)19(17,18)16-12-6-3/h16H,4-12H2,1-3H3. The highest BCUT2D eigenvalue weighted by Crippen LogP contribution is 2.29. The van der Waals surface area contributed by atoms with Crippen LogP contribution in [0.2, 0.25) is 0 Å². The molecule has 0 bridgehead atoms. The van der Waals surface area contributed by atoms with Crippen molar-refractivity contribution in [3.8, 4) is 6.07 Å². The summed E-state index contributed by atoms with van der Waals surface area (Å²) in [7, 11) is -3.56. The van der Waals surface area contributed by atoms with E-state index >= 15 is 0 Å². The molecule has 0 aromatic rings. The molecule has 0 saturated heterocycles. The van der Waals surface area contributed by atoms with Gasteiger partial charge in [-0.2, -0.15) is 5.26 Å². The van der Waals surface area contributed by atoms with Crippen molar-refractivity contribution in [2.45, 2.75) is 76.9 Å². The lowest BCUT2D eigenvalue weighted by Gasteiger charge is -2.26. The average Bonchev–Trinajstić information content (AvgIpc) is 2.40. The highest BCUT2D eigenvalue weighted by atomic mass is 32.2. The van der Waals surface area contributed by atoms with Gasteiger partial charge >= 0.3 is 0 Å². The van der Waals surface area contributed by atoms with Crippen molar-refractivity contribution in [2.75, 3.05) is 6.54 Å². The van der Waals surface area contributed by atoms with Gasteiger partial charge < -0.3 is 0 Å². The number of hydrogen-bond donors (Lipinski definition) is 1. The molecule has 1 N–H and O–H groups in total. The van der Waals surface area contributed by atoms with Crippen molar-refractivity contribution < 1.29 is 8.42 Å². The largest absolute Gasteiger partial charge is 0.230 e. The van der Waals surface area contributed by atoms with Gasteiger partial charge in [-0.3, -0.25) is 0 Å². The normalized spacial score (nSPS) is 14.8. The molecule has 0 radical (unpaired) electrons. The van der Waals surface area contributed by atoms with Crippen LogP contribution in [0, 0.1) is 11.3 Å². The molecule has 19 heavy (non-hydrogen) atoms. The predicted molar refractivity (Wildman–Crippen MR) is 79.2 cm³/mol. The first-order valence-corrected chi connectivity index (χ1v) is 8.88. The first-order valence-electron chi connectivity index (χ1n) is 7.40. The van der Waals surface area contributed by atoms with Crippen LogP contribution < -0.4 is 4.72 Å². The number of nitrogens with zero attached hydrogens (tertiary/aromatic N) is 1. The van der Waals surface area contributed by atoms with Crippen molar-refractivity contribution in [2.24, 2.45) is 0 Å². The molecule has 0 aromatic heterocycles. The van der Waals surface area contributed by atoms with E-state index in [1.165, 1.54) is 0 Å². The second-order valence-electron chi connectivity index (χ2n) is 5.06. The molecule has 1 atom stereocenters. The first kappa shape index (κ1) is 18.4. The Morgan fingerprint density at radius 3 is 2.05 bits per heavy atom. The minimum Gasteiger partial charge on any atom is -0.214 e. The number of hydrogen-bond acceptors (Lipinski definition) is 3. The predicted octanol–water partition coefficient (Wildman–Crippen LogP) is 3.35. The van der Waals surface area contributed by atoms with E-state index in [-0.39, 0.29) is 0 Å². The van der Waals surface area contributed by atoms with Crippen molar-refractivity contribution in [1.82, 2.24) is 4.72 Å². The van der Waals surface area contributed by atoms with Crippen molar-refractivity contribution in [3.05, 3.63) is 0 Å². The van der Waals surface area contributed by atoms with Gasteiger partial charge in [0.25, 0.3) is 0 Å². The average molecular weight is 288 g/mol. The number of nitrogens with one attached hydrogen (secondary N) is 1. The summed E-state index contributed by atoms with van der Waals surface area (Å²) in [6, 6.07) is 2.11. The molecule has 5 heteroatoms. The number of rotatable bonds is 11. The molecule has 1 unspecified atom stereocenters. The highest BCUT2D eigenvalue weighted by molar-refractivity contribution is 7.91. The van der Waals surface area contributed by atoms with Gasteiger partial charge in [0.15, 0.2) is 4.75 Å². The summed E-state index contributed by atoms with van der Waals surface area (Å²) in [5.41, 5.74) is 0. The van der Waals surface area contributed by atoms with E-state index in [0.29, 0.717) is 19.4 Å². The maximum Gasteiger partial charge on any atom is 0.230 e. The van der Waals surface area contributed by atoms with Crippen LogP contribution in [0.4, 0.5) is 0 Å². The van der Waals surface area contributed by atoms with E-state index in [4.69, 9.17) is 0 Å². The molecule has 0 heterocycles. The van der Waals surface area contributed by atoms with Crippen LogP contribution >= 0.6 is 0 Å². The summed E-state index contributed by atoms with van der Waals surface area (Å²) in [6.45, 7) is 6.41. The lowest BCUT2D eigenvalue weighted by molar-refractivity contribution is 0.476. The minimum atomic E-state index is -3.56. The van der Waals surface area contributed by atoms with E-state index < -0.39 is 14.8 Å². The fourth-order valence-electron chi connectivity index (χ4n) is 2.06. The Labute approximate surface area is 118 Å². The van der Waals surface area contributed by atoms with Gasteiger partial charge in [0.05, 0.1) is 6.07 Å². The Bertz CT molecular complexity index is 373. The Balaban J connectivity index is 5.04. The van der Waals surface area contributed by atoms with Gasteiger partial charge in [-0.05, 0) is 19.3 Å². The van der Waals surface area contributed by atoms with Gasteiger partial charge in [0.1, 0.15) is 0 Å². The molecule has 112 valence electrons. The Morgan fingerprint density at radius 1 is 1.00 bits per heavy atom. The summed E-state index contributed by atoms with van der Waals surface area (Å²) in [6.07, 6.45) is 6.08. The third kappa shape index (κ3) is 5.50. The molecular weight excluding hydrogens is 260 g/mol. The molecule has 0 saturated carbocycles. The Hall–Kier alpha value is -0.600. The maximum absolute atomic E-state index is 12.4. The van der Waals surface area contributed by atoms with Gasteiger partial charge in [-0.25, -0.2) is 13.1 Å². The molecule has 0 aliphatic carbocycles. The summed E-state index contributed by atoms with van der Waals surface area (Å²) >= 11 is 0. The molecular formula is C14H28N2O2S. The molecule has 0 aliphatic heterocycles. The third-order valence-corrected chi connectivity index (χ3v) is 5.49. The van der Waals surface area contributed by atoms with Crippen LogP contribution in [0.5, 0.6) is 0 Å². The Kier molecular flexibility index (Phi) is 9.03. The van der Waals surface area contributed by atoms with E-state index in [9.17, 15) is 13.7 Å². The summed E-state index contributed by atoms with van der Waals surface area (Å²) < 4.78 is 26.2. The minimum absolute atomic E-state index is 0.408. The van der Waals surface area contributed by atoms with E-state index in [1.54, 1.807) is 0 Å². The van der Waals surface area contributed by atoms with Crippen LogP contribution in [0.1, 0.15) is 72.1 Å². The zero-order valence-electron chi connectivity index (χ0n) is 12.5. The number of nitriles is 1. The molecule has 0 spiro atoms. The smallest absolute Gasteiger partial charge is 0.214 e. The molecule has 0 amide bonds. The SMILES string of the molecule is CCCCCC(C#N)(CCCC)S(=O)(=O)NCCC. The second-order valence-corrected chi connectivity index (χ2v) is 7.14.